The van der Waals surface area contributed by atoms with Gasteiger partial charge < -0.3 is 10.0 Å². The summed E-state index contributed by atoms with van der Waals surface area (Å²) < 4.78 is 0.565. The molecule has 0 heterocycles. The van der Waals surface area contributed by atoms with Crippen LogP contribution in [0.5, 0.6) is 0 Å². The molecule has 0 aliphatic rings. The highest BCUT2D eigenvalue weighted by Crippen LogP contribution is 2.12. The van der Waals surface area contributed by atoms with Gasteiger partial charge in [-0.3, -0.25) is 0 Å². The molecule has 0 radical (unpaired) electrons. The SMILES string of the molecule is N#Cc1c(Br)cccc1B(O)O. The van der Waals surface area contributed by atoms with E-state index >= 15 is 0 Å². The minimum atomic E-state index is -1.60. The number of benzene rings is 1. The van der Waals surface area contributed by atoms with Crippen LogP contribution < -0.4 is 5.46 Å². The average molecular weight is 226 g/mol. The molecule has 0 atom stereocenters. The fourth-order valence-electron chi connectivity index (χ4n) is 0.874. The minimum Gasteiger partial charge on any atom is -0.423 e. The zero-order valence-corrected chi connectivity index (χ0v) is 7.62. The number of nitriles is 1. The first kappa shape index (κ1) is 9.26. The first-order chi connectivity index (χ1) is 5.66. The number of hydrogen-bond donors (Lipinski definition) is 2. The van der Waals surface area contributed by atoms with Gasteiger partial charge in [0.05, 0.1) is 11.6 Å². The Morgan fingerprint density at radius 2 is 2.08 bits per heavy atom. The van der Waals surface area contributed by atoms with Crippen molar-refractivity contribution in [3.8, 4) is 6.07 Å². The summed E-state index contributed by atoms with van der Waals surface area (Å²) in [4.78, 5) is 0. The second-order valence-corrected chi connectivity index (χ2v) is 3.04. The van der Waals surface area contributed by atoms with Crippen molar-refractivity contribution < 1.29 is 10.0 Å². The largest absolute Gasteiger partial charge is 0.489 e. The number of hydrogen-bond acceptors (Lipinski definition) is 3. The number of nitrogens with zero attached hydrogens (tertiary/aromatic N) is 1. The van der Waals surface area contributed by atoms with E-state index in [2.05, 4.69) is 15.9 Å². The smallest absolute Gasteiger partial charge is 0.423 e. The molecule has 0 aliphatic heterocycles. The van der Waals surface area contributed by atoms with E-state index < -0.39 is 7.12 Å². The number of rotatable bonds is 1. The van der Waals surface area contributed by atoms with Gasteiger partial charge in [-0.15, -0.1) is 0 Å². The molecule has 2 N–H and O–H groups in total. The third-order valence-electron chi connectivity index (χ3n) is 1.44. The van der Waals surface area contributed by atoms with Gasteiger partial charge in [0.2, 0.25) is 0 Å². The monoisotopic (exact) mass is 225 g/mol. The van der Waals surface area contributed by atoms with Crippen molar-refractivity contribution in [2.24, 2.45) is 0 Å². The molecular weight excluding hydrogens is 221 g/mol. The Kier molecular flexibility index (Phi) is 2.87. The van der Waals surface area contributed by atoms with E-state index in [1.807, 2.05) is 6.07 Å². The maximum absolute atomic E-state index is 8.84. The van der Waals surface area contributed by atoms with Gasteiger partial charge in [-0.25, -0.2) is 0 Å². The Morgan fingerprint density at radius 3 is 2.50 bits per heavy atom. The maximum Gasteiger partial charge on any atom is 0.489 e. The first-order valence-corrected chi connectivity index (χ1v) is 4.00. The van der Waals surface area contributed by atoms with Gasteiger partial charge in [0, 0.05) is 9.94 Å². The molecule has 60 valence electrons. The molecule has 1 aromatic carbocycles. The van der Waals surface area contributed by atoms with Gasteiger partial charge in [-0.1, -0.05) is 12.1 Å². The van der Waals surface area contributed by atoms with Crippen molar-refractivity contribution in [1.82, 2.24) is 0 Å². The first-order valence-electron chi connectivity index (χ1n) is 3.21. The molecule has 1 aromatic rings. The predicted molar refractivity (Wildman–Crippen MR) is 48.7 cm³/mol. The lowest BCUT2D eigenvalue weighted by Gasteiger charge is -2.02. The van der Waals surface area contributed by atoms with Gasteiger partial charge in [-0.05, 0) is 22.0 Å². The summed E-state index contributed by atoms with van der Waals surface area (Å²) in [6.45, 7) is 0. The van der Waals surface area contributed by atoms with Crippen LogP contribution in [-0.2, 0) is 0 Å². The van der Waals surface area contributed by atoms with Crippen molar-refractivity contribution in [3.63, 3.8) is 0 Å². The molecule has 0 saturated heterocycles. The normalized spacial score (nSPS) is 9.17. The lowest BCUT2D eigenvalue weighted by atomic mass is 9.77. The fraction of sp³-hybridized carbons (Fsp3) is 0. The second-order valence-electron chi connectivity index (χ2n) is 2.19. The van der Waals surface area contributed by atoms with Crippen LogP contribution in [0.15, 0.2) is 22.7 Å². The molecule has 1 rings (SSSR count). The molecule has 0 aliphatic carbocycles. The number of halogens is 1. The molecule has 0 spiro atoms. The highest BCUT2D eigenvalue weighted by Gasteiger charge is 2.16. The second kappa shape index (κ2) is 3.72. The van der Waals surface area contributed by atoms with Crippen LogP contribution in [-0.4, -0.2) is 17.2 Å². The van der Waals surface area contributed by atoms with Crippen LogP contribution in [0, 0.1) is 11.3 Å². The summed E-state index contributed by atoms with van der Waals surface area (Å²) in [5.74, 6) is 0. The van der Waals surface area contributed by atoms with Crippen molar-refractivity contribution in [2.45, 2.75) is 0 Å². The van der Waals surface area contributed by atoms with E-state index in [0.29, 0.717) is 4.47 Å². The molecule has 0 fully saturated rings. The highest BCUT2D eigenvalue weighted by molar-refractivity contribution is 9.10. The third kappa shape index (κ3) is 1.67. The maximum atomic E-state index is 8.84. The van der Waals surface area contributed by atoms with E-state index in [-0.39, 0.29) is 11.0 Å². The summed E-state index contributed by atoms with van der Waals surface area (Å²) >= 11 is 3.13. The van der Waals surface area contributed by atoms with Crippen LogP contribution in [0.4, 0.5) is 0 Å². The van der Waals surface area contributed by atoms with Crippen LogP contribution in [0.2, 0.25) is 0 Å². The van der Waals surface area contributed by atoms with E-state index in [9.17, 15) is 0 Å². The average Bonchev–Trinajstić information content (AvgIpc) is 2.03. The summed E-state index contributed by atoms with van der Waals surface area (Å²) in [7, 11) is -1.60. The Hall–Kier alpha value is -0.825. The van der Waals surface area contributed by atoms with Crippen molar-refractivity contribution >= 4 is 28.5 Å². The topological polar surface area (TPSA) is 64.2 Å². The van der Waals surface area contributed by atoms with Crippen LogP contribution in [0.25, 0.3) is 0 Å². The molecule has 0 bridgehead atoms. The minimum absolute atomic E-state index is 0.215. The molecule has 0 amide bonds. The summed E-state index contributed by atoms with van der Waals surface area (Å²) in [6, 6.07) is 6.68. The zero-order chi connectivity index (χ0) is 9.14. The zero-order valence-electron chi connectivity index (χ0n) is 6.03. The van der Waals surface area contributed by atoms with Gasteiger partial charge in [0.1, 0.15) is 0 Å². The van der Waals surface area contributed by atoms with E-state index in [1.165, 1.54) is 6.07 Å². The predicted octanol–water partition coefficient (Wildman–Crippen LogP) is 0.000580. The van der Waals surface area contributed by atoms with Crippen LogP contribution >= 0.6 is 15.9 Å². The quantitative estimate of drug-likeness (QED) is 0.662. The molecule has 12 heavy (non-hydrogen) atoms. The van der Waals surface area contributed by atoms with Crippen LogP contribution in [0.3, 0.4) is 0 Å². The van der Waals surface area contributed by atoms with E-state index in [4.69, 9.17) is 15.3 Å². The van der Waals surface area contributed by atoms with Crippen molar-refractivity contribution in [1.29, 1.82) is 5.26 Å². The Morgan fingerprint density at radius 1 is 1.42 bits per heavy atom. The van der Waals surface area contributed by atoms with Gasteiger partial charge in [0.15, 0.2) is 0 Å². The van der Waals surface area contributed by atoms with E-state index in [0.717, 1.165) is 0 Å². The van der Waals surface area contributed by atoms with Crippen LogP contribution in [0.1, 0.15) is 5.56 Å². The highest BCUT2D eigenvalue weighted by atomic mass is 79.9. The molecular formula is C7H5BBrNO2. The fourth-order valence-corrected chi connectivity index (χ4v) is 1.34. The Labute approximate surface area is 78.5 Å². The molecule has 0 unspecified atom stereocenters. The molecule has 5 heteroatoms. The van der Waals surface area contributed by atoms with Gasteiger partial charge in [-0.2, -0.15) is 5.26 Å². The molecule has 3 nitrogen and oxygen atoms in total. The van der Waals surface area contributed by atoms with Gasteiger partial charge in [0.25, 0.3) is 0 Å². The van der Waals surface area contributed by atoms with Crippen molar-refractivity contribution in [2.75, 3.05) is 0 Å². The summed E-state index contributed by atoms with van der Waals surface area (Å²) in [6.07, 6.45) is 0. The molecule has 0 aromatic heterocycles. The lowest BCUT2D eigenvalue weighted by molar-refractivity contribution is 0.425. The third-order valence-corrected chi connectivity index (χ3v) is 2.10. The Bertz CT molecular complexity index is 335. The standard InChI is InChI=1S/C7H5BBrNO2/c9-7-3-1-2-6(8(11)12)5(7)4-10/h1-3,11-12H. The molecule has 0 saturated carbocycles. The summed E-state index contributed by atoms with van der Waals surface area (Å²) in [5.41, 5.74) is 0.472. The Balaban J connectivity index is 3.30. The lowest BCUT2D eigenvalue weighted by Crippen LogP contribution is -2.32. The van der Waals surface area contributed by atoms with E-state index in [1.54, 1.807) is 12.1 Å². The van der Waals surface area contributed by atoms with Gasteiger partial charge >= 0.3 is 7.12 Å². The summed E-state index contributed by atoms with van der Waals surface area (Å²) in [5, 5.41) is 26.3. The van der Waals surface area contributed by atoms with Crippen molar-refractivity contribution in [3.05, 3.63) is 28.2 Å².